The Labute approximate surface area is 154 Å². The predicted octanol–water partition coefficient (Wildman–Crippen LogP) is 0.326. The summed E-state index contributed by atoms with van der Waals surface area (Å²) in [5.41, 5.74) is -0.143. The van der Waals surface area contributed by atoms with Crippen molar-refractivity contribution >= 4 is 41.2 Å². The second-order valence-corrected chi connectivity index (χ2v) is 7.62. The standard InChI is InChI=1S/C17H18N4O4S/c22-13(9-21-11-3-1-2-4-12(11)26-10-14(21)23)20-7-5-17(6-8-20)15(24)18-16(25)19-17/h1-4H,5-10H2,(H2,18,19,24,25). The number of fused-ring (bicyclic) bond motifs is 1. The Bertz CT molecular complexity index is 804. The summed E-state index contributed by atoms with van der Waals surface area (Å²) in [7, 11) is 0. The van der Waals surface area contributed by atoms with Crippen LogP contribution in [0.3, 0.4) is 0 Å². The maximum Gasteiger partial charge on any atom is 0.322 e. The Balaban J connectivity index is 1.43. The van der Waals surface area contributed by atoms with E-state index in [1.54, 1.807) is 4.90 Å². The fraction of sp³-hybridized carbons (Fsp3) is 0.412. The number of para-hydroxylation sites is 1. The first-order valence-corrected chi connectivity index (χ1v) is 9.41. The highest BCUT2D eigenvalue weighted by atomic mass is 32.2. The maximum absolute atomic E-state index is 12.7. The molecule has 5 amide bonds. The third kappa shape index (κ3) is 2.82. The van der Waals surface area contributed by atoms with Crippen LogP contribution < -0.4 is 15.5 Å². The number of anilines is 1. The number of thioether (sulfide) groups is 1. The summed E-state index contributed by atoms with van der Waals surface area (Å²) in [6, 6.07) is 7.06. The minimum atomic E-state index is -0.905. The SMILES string of the molecule is O=C1NC(=O)C2(CCN(C(=O)CN3C(=O)CSc4ccccc43)CC2)N1. The van der Waals surface area contributed by atoms with Crippen molar-refractivity contribution in [2.75, 3.05) is 30.3 Å². The Kier molecular flexibility index (Phi) is 4.10. The van der Waals surface area contributed by atoms with Crippen LogP contribution >= 0.6 is 11.8 Å². The molecule has 9 heteroatoms. The fourth-order valence-corrected chi connectivity index (χ4v) is 4.52. The minimum Gasteiger partial charge on any atom is -0.341 e. The van der Waals surface area contributed by atoms with Gasteiger partial charge in [-0.25, -0.2) is 4.79 Å². The number of nitrogens with zero attached hydrogens (tertiary/aromatic N) is 2. The van der Waals surface area contributed by atoms with E-state index < -0.39 is 11.6 Å². The smallest absolute Gasteiger partial charge is 0.322 e. The lowest BCUT2D eigenvalue weighted by molar-refractivity contribution is -0.135. The number of hydrogen-bond acceptors (Lipinski definition) is 5. The number of urea groups is 1. The Morgan fingerprint density at radius 1 is 1.15 bits per heavy atom. The van der Waals surface area contributed by atoms with Crippen molar-refractivity contribution in [2.24, 2.45) is 0 Å². The zero-order chi connectivity index (χ0) is 18.3. The third-order valence-corrected chi connectivity index (χ3v) is 6.13. The lowest BCUT2D eigenvalue weighted by atomic mass is 9.87. The molecule has 3 aliphatic rings. The fourth-order valence-electron chi connectivity index (χ4n) is 3.58. The van der Waals surface area contributed by atoms with E-state index in [4.69, 9.17) is 0 Å². The molecule has 2 saturated heterocycles. The van der Waals surface area contributed by atoms with E-state index in [0.717, 1.165) is 10.6 Å². The van der Waals surface area contributed by atoms with Gasteiger partial charge in [0.25, 0.3) is 5.91 Å². The summed E-state index contributed by atoms with van der Waals surface area (Å²) in [5.74, 6) is -0.246. The van der Waals surface area contributed by atoms with Gasteiger partial charge in [-0.1, -0.05) is 12.1 Å². The molecule has 0 atom stereocenters. The largest absolute Gasteiger partial charge is 0.341 e. The number of rotatable bonds is 2. The summed E-state index contributed by atoms with van der Waals surface area (Å²) in [6.07, 6.45) is 0.743. The van der Waals surface area contributed by atoms with Gasteiger partial charge in [-0.15, -0.1) is 11.8 Å². The molecule has 0 saturated carbocycles. The molecule has 4 rings (SSSR count). The van der Waals surface area contributed by atoms with Gasteiger partial charge in [-0.2, -0.15) is 0 Å². The number of carbonyl (C=O) groups excluding carboxylic acids is 4. The summed E-state index contributed by atoms with van der Waals surface area (Å²) < 4.78 is 0. The summed E-state index contributed by atoms with van der Waals surface area (Å²) in [5, 5.41) is 4.93. The Morgan fingerprint density at radius 2 is 1.88 bits per heavy atom. The van der Waals surface area contributed by atoms with Gasteiger partial charge in [0.2, 0.25) is 11.8 Å². The molecule has 2 fully saturated rings. The van der Waals surface area contributed by atoms with Crippen LogP contribution in [0.15, 0.2) is 29.2 Å². The van der Waals surface area contributed by atoms with Crippen molar-refractivity contribution in [3.63, 3.8) is 0 Å². The average Bonchev–Trinajstić information content (AvgIpc) is 2.91. The van der Waals surface area contributed by atoms with Crippen molar-refractivity contribution in [1.29, 1.82) is 0 Å². The number of nitrogens with one attached hydrogen (secondary N) is 2. The van der Waals surface area contributed by atoms with Crippen LogP contribution in [-0.4, -0.2) is 59.6 Å². The molecule has 0 bridgehead atoms. The van der Waals surface area contributed by atoms with Crippen molar-refractivity contribution < 1.29 is 19.2 Å². The second-order valence-electron chi connectivity index (χ2n) is 6.61. The van der Waals surface area contributed by atoms with Crippen molar-refractivity contribution in [1.82, 2.24) is 15.5 Å². The lowest BCUT2D eigenvalue weighted by Gasteiger charge is -2.38. The molecular formula is C17H18N4O4S. The Hall–Kier alpha value is -2.55. The topological polar surface area (TPSA) is 98.8 Å². The summed E-state index contributed by atoms with van der Waals surface area (Å²) in [4.78, 5) is 52.5. The zero-order valence-corrected chi connectivity index (χ0v) is 14.8. The van der Waals surface area contributed by atoms with Crippen LogP contribution in [0.5, 0.6) is 0 Å². The maximum atomic E-state index is 12.7. The first-order valence-electron chi connectivity index (χ1n) is 8.42. The molecule has 3 heterocycles. The van der Waals surface area contributed by atoms with Crippen molar-refractivity contribution in [2.45, 2.75) is 23.3 Å². The molecule has 0 unspecified atom stereocenters. The molecule has 1 aromatic carbocycles. The molecule has 2 N–H and O–H groups in total. The first-order chi connectivity index (χ1) is 12.5. The van der Waals surface area contributed by atoms with Gasteiger partial charge in [0.15, 0.2) is 0 Å². The summed E-state index contributed by atoms with van der Waals surface area (Å²) in [6.45, 7) is 0.720. The molecular weight excluding hydrogens is 356 g/mol. The van der Waals surface area contributed by atoms with Gasteiger partial charge < -0.3 is 15.1 Å². The second kappa shape index (κ2) is 6.31. The predicted molar refractivity (Wildman–Crippen MR) is 94.7 cm³/mol. The highest BCUT2D eigenvalue weighted by molar-refractivity contribution is 8.00. The number of imide groups is 1. The minimum absolute atomic E-state index is 0.0119. The van der Waals surface area contributed by atoms with Crippen molar-refractivity contribution in [3.05, 3.63) is 24.3 Å². The van der Waals surface area contributed by atoms with Gasteiger partial charge in [0, 0.05) is 18.0 Å². The molecule has 0 aromatic heterocycles. The highest BCUT2D eigenvalue weighted by Gasteiger charge is 2.48. The molecule has 0 aliphatic carbocycles. The highest BCUT2D eigenvalue weighted by Crippen LogP contribution is 2.35. The molecule has 136 valence electrons. The molecule has 26 heavy (non-hydrogen) atoms. The van der Waals surface area contributed by atoms with Crippen LogP contribution in [0.1, 0.15) is 12.8 Å². The number of benzene rings is 1. The Morgan fingerprint density at radius 3 is 2.58 bits per heavy atom. The molecule has 3 aliphatic heterocycles. The van der Waals surface area contributed by atoms with E-state index in [9.17, 15) is 19.2 Å². The van der Waals surface area contributed by atoms with E-state index in [-0.39, 0.29) is 24.3 Å². The van der Waals surface area contributed by atoms with E-state index in [0.29, 0.717) is 31.7 Å². The number of likely N-dealkylation sites (tertiary alicyclic amines) is 1. The van der Waals surface area contributed by atoms with Crippen LogP contribution in [-0.2, 0) is 14.4 Å². The quantitative estimate of drug-likeness (QED) is 0.727. The zero-order valence-electron chi connectivity index (χ0n) is 14.0. The van der Waals surface area contributed by atoms with Crippen LogP contribution in [0.2, 0.25) is 0 Å². The van der Waals surface area contributed by atoms with Gasteiger partial charge in [0.1, 0.15) is 12.1 Å². The molecule has 8 nitrogen and oxygen atoms in total. The number of carbonyl (C=O) groups is 4. The monoisotopic (exact) mass is 374 g/mol. The lowest BCUT2D eigenvalue weighted by Crippen LogP contribution is -2.57. The van der Waals surface area contributed by atoms with E-state index in [1.165, 1.54) is 16.7 Å². The summed E-state index contributed by atoms with van der Waals surface area (Å²) >= 11 is 1.48. The van der Waals surface area contributed by atoms with Crippen LogP contribution in [0.4, 0.5) is 10.5 Å². The van der Waals surface area contributed by atoms with Gasteiger partial charge >= 0.3 is 6.03 Å². The molecule has 0 radical (unpaired) electrons. The molecule has 1 aromatic rings. The van der Waals surface area contributed by atoms with Crippen molar-refractivity contribution in [3.8, 4) is 0 Å². The van der Waals surface area contributed by atoms with Gasteiger partial charge in [-0.3, -0.25) is 19.7 Å². The number of amides is 5. The first kappa shape index (κ1) is 16.9. The molecule has 1 spiro atoms. The van der Waals surface area contributed by atoms with Crippen LogP contribution in [0.25, 0.3) is 0 Å². The van der Waals surface area contributed by atoms with E-state index >= 15 is 0 Å². The van der Waals surface area contributed by atoms with Gasteiger partial charge in [-0.05, 0) is 25.0 Å². The van der Waals surface area contributed by atoms with Gasteiger partial charge in [0.05, 0.1) is 11.4 Å². The van der Waals surface area contributed by atoms with Crippen LogP contribution in [0, 0.1) is 0 Å². The average molecular weight is 374 g/mol. The normalized spacial score (nSPS) is 21.5. The number of hydrogen-bond donors (Lipinski definition) is 2. The third-order valence-electron chi connectivity index (χ3n) is 5.09. The van der Waals surface area contributed by atoms with E-state index in [2.05, 4.69) is 10.6 Å². The van der Waals surface area contributed by atoms with E-state index in [1.807, 2.05) is 24.3 Å². The number of piperidine rings is 1.